The van der Waals surface area contributed by atoms with Gasteiger partial charge in [0.15, 0.2) is 5.69 Å². The highest BCUT2D eigenvalue weighted by atomic mass is 32.2. The molecule has 9 nitrogen and oxygen atoms in total. The molecular formula is C21H28N4O5S. The van der Waals surface area contributed by atoms with E-state index in [1.165, 1.54) is 15.2 Å². The van der Waals surface area contributed by atoms with Gasteiger partial charge < -0.3 is 10.4 Å². The Bertz CT molecular complexity index is 1030. The van der Waals surface area contributed by atoms with E-state index in [1.54, 1.807) is 37.4 Å². The van der Waals surface area contributed by atoms with Gasteiger partial charge in [-0.05, 0) is 18.4 Å². The van der Waals surface area contributed by atoms with E-state index in [1.807, 2.05) is 0 Å². The Morgan fingerprint density at radius 2 is 1.87 bits per heavy atom. The summed E-state index contributed by atoms with van der Waals surface area (Å²) in [5.74, 6) is -1.68. The molecule has 0 aliphatic heterocycles. The van der Waals surface area contributed by atoms with Gasteiger partial charge in [0, 0.05) is 19.3 Å². The lowest BCUT2D eigenvalue weighted by atomic mass is 9.95. The summed E-state index contributed by atoms with van der Waals surface area (Å²) in [7, 11) is -2.04. The van der Waals surface area contributed by atoms with Gasteiger partial charge in [-0.2, -0.15) is 5.10 Å². The van der Waals surface area contributed by atoms with E-state index in [-0.39, 0.29) is 23.8 Å². The van der Waals surface area contributed by atoms with E-state index in [0.717, 1.165) is 25.5 Å². The molecule has 0 radical (unpaired) electrons. The lowest BCUT2D eigenvalue weighted by Gasteiger charge is -2.33. The summed E-state index contributed by atoms with van der Waals surface area (Å²) in [5, 5.41) is 16.2. The van der Waals surface area contributed by atoms with Crippen molar-refractivity contribution in [2.45, 2.75) is 50.6 Å². The third-order valence-corrected chi connectivity index (χ3v) is 6.62. The smallest absolute Gasteiger partial charge is 0.305 e. The SMILES string of the molecule is Cn1cc(N(C2CCCCC2)S(C)(=O)=O)c(C(=O)N[C@@H](CC(=O)O)c2ccccc2)n1. The Morgan fingerprint density at radius 1 is 1.23 bits per heavy atom. The van der Waals surface area contributed by atoms with Crippen molar-refractivity contribution < 1.29 is 23.1 Å². The summed E-state index contributed by atoms with van der Waals surface area (Å²) in [6, 6.07) is 7.78. The molecule has 1 fully saturated rings. The van der Waals surface area contributed by atoms with Crippen molar-refractivity contribution in [3.63, 3.8) is 0 Å². The van der Waals surface area contributed by atoms with Crippen LogP contribution < -0.4 is 9.62 Å². The number of aryl methyl sites for hydroxylation is 1. The van der Waals surface area contributed by atoms with Crippen LogP contribution in [0.25, 0.3) is 0 Å². The number of carboxylic acids is 1. The maximum absolute atomic E-state index is 13.2. The number of benzene rings is 1. The maximum atomic E-state index is 13.2. The standard InChI is InChI=1S/C21H28N4O5S/c1-24-14-18(25(31(2,29)30)16-11-7-4-8-12-16)20(23-24)21(28)22-17(13-19(26)27)15-9-5-3-6-10-15/h3,5-6,9-10,14,16-17H,4,7-8,11-13H2,1-2H3,(H,22,28)(H,26,27)/t17-/m0/s1. The minimum absolute atomic E-state index is 0.0372. The Labute approximate surface area is 182 Å². The molecule has 1 atom stereocenters. The Hall–Kier alpha value is -2.88. The average Bonchev–Trinajstić information content (AvgIpc) is 3.08. The Morgan fingerprint density at radius 3 is 2.45 bits per heavy atom. The van der Waals surface area contributed by atoms with Gasteiger partial charge in [-0.15, -0.1) is 0 Å². The number of carbonyl (C=O) groups is 2. The molecule has 10 heteroatoms. The van der Waals surface area contributed by atoms with E-state index in [9.17, 15) is 23.1 Å². The van der Waals surface area contributed by atoms with Gasteiger partial charge in [0.25, 0.3) is 5.91 Å². The van der Waals surface area contributed by atoms with Crippen molar-refractivity contribution in [2.75, 3.05) is 10.6 Å². The van der Waals surface area contributed by atoms with Gasteiger partial charge >= 0.3 is 5.97 Å². The predicted molar refractivity (Wildman–Crippen MR) is 116 cm³/mol. The summed E-state index contributed by atoms with van der Waals surface area (Å²) < 4.78 is 28.1. The number of carboxylic acid groups (broad SMARTS) is 1. The molecule has 168 valence electrons. The minimum atomic E-state index is -3.65. The quantitative estimate of drug-likeness (QED) is 0.640. The fraction of sp³-hybridized carbons (Fsp3) is 0.476. The van der Waals surface area contributed by atoms with Gasteiger partial charge in [0.05, 0.1) is 18.7 Å². The number of amides is 1. The van der Waals surface area contributed by atoms with Crippen molar-refractivity contribution in [3.8, 4) is 0 Å². The van der Waals surface area contributed by atoms with Gasteiger partial charge in [0.1, 0.15) is 5.69 Å². The van der Waals surface area contributed by atoms with Crippen LogP contribution in [-0.4, -0.2) is 47.5 Å². The first-order valence-corrected chi connectivity index (χ1v) is 12.1. The number of aromatic nitrogens is 2. The van der Waals surface area contributed by atoms with E-state index in [2.05, 4.69) is 10.4 Å². The Balaban J connectivity index is 1.95. The normalized spacial score (nSPS) is 15.9. The molecule has 1 aliphatic carbocycles. The highest BCUT2D eigenvalue weighted by Crippen LogP contribution is 2.32. The van der Waals surface area contributed by atoms with Crippen LogP contribution in [0.15, 0.2) is 36.5 Å². The number of aliphatic carboxylic acids is 1. The summed E-state index contributed by atoms with van der Waals surface area (Å²) in [6.07, 6.45) is 6.69. The molecule has 1 aromatic carbocycles. The summed E-state index contributed by atoms with van der Waals surface area (Å²) in [6.45, 7) is 0. The van der Waals surface area contributed by atoms with Crippen LogP contribution >= 0.6 is 0 Å². The lowest BCUT2D eigenvalue weighted by Crippen LogP contribution is -2.42. The summed E-state index contributed by atoms with van der Waals surface area (Å²) >= 11 is 0. The number of anilines is 1. The van der Waals surface area contributed by atoms with Crippen LogP contribution in [-0.2, 0) is 21.9 Å². The molecule has 3 rings (SSSR count). The van der Waals surface area contributed by atoms with Crippen LogP contribution in [0.3, 0.4) is 0 Å². The number of hydrogen-bond acceptors (Lipinski definition) is 5. The van der Waals surface area contributed by atoms with Crippen LogP contribution in [0.5, 0.6) is 0 Å². The molecule has 1 aromatic heterocycles. The predicted octanol–water partition coefficient (Wildman–Crippen LogP) is 2.46. The molecule has 0 spiro atoms. The monoisotopic (exact) mass is 448 g/mol. The van der Waals surface area contributed by atoms with Crippen molar-refractivity contribution in [3.05, 3.63) is 47.8 Å². The van der Waals surface area contributed by atoms with Gasteiger partial charge in [-0.1, -0.05) is 49.6 Å². The van der Waals surface area contributed by atoms with E-state index in [4.69, 9.17) is 0 Å². The molecule has 1 saturated carbocycles. The van der Waals surface area contributed by atoms with Crippen LogP contribution in [0, 0.1) is 0 Å². The highest BCUT2D eigenvalue weighted by molar-refractivity contribution is 7.92. The molecule has 2 N–H and O–H groups in total. The topological polar surface area (TPSA) is 122 Å². The number of hydrogen-bond donors (Lipinski definition) is 2. The number of nitrogens with one attached hydrogen (secondary N) is 1. The van der Waals surface area contributed by atoms with Crippen LogP contribution in [0.1, 0.15) is 60.6 Å². The largest absolute Gasteiger partial charge is 0.481 e. The summed E-state index contributed by atoms with van der Waals surface area (Å²) in [5.41, 5.74) is 0.823. The van der Waals surface area contributed by atoms with Crippen molar-refractivity contribution in [1.82, 2.24) is 15.1 Å². The molecule has 1 amide bonds. The lowest BCUT2D eigenvalue weighted by molar-refractivity contribution is -0.137. The number of carbonyl (C=O) groups excluding carboxylic acids is 1. The molecule has 1 heterocycles. The molecule has 0 unspecified atom stereocenters. The number of rotatable bonds is 8. The van der Waals surface area contributed by atoms with Crippen molar-refractivity contribution in [2.24, 2.45) is 7.05 Å². The molecule has 0 saturated heterocycles. The second-order valence-electron chi connectivity index (χ2n) is 7.92. The zero-order valence-electron chi connectivity index (χ0n) is 17.7. The zero-order chi connectivity index (χ0) is 22.6. The van der Waals surface area contributed by atoms with Crippen LogP contribution in [0.2, 0.25) is 0 Å². The molecule has 1 aliphatic rings. The van der Waals surface area contributed by atoms with E-state index in [0.29, 0.717) is 18.4 Å². The first-order valence-electron chi connectivity index (χ1n) is 10.3. The second kappa shape index (κ2) is 9.51. The van der Waals surface area contributed by atoms with E-state index < -0.39 is 27.9 Å². The van der Waals surface area contributed by atoms with Crippen LogP contribution in [0.4, 0.5) is 5.69 Å². The minimum Gasteiger partial charge on any atom is -0.481 e. The fourth-order valence-electron chi connectivity index (χ4n) is 4.10. The molecule has 31 heavy (non-hydrogen) atoms. The third kappa shape index (κ3) is 5.63. The third-order valence-electron chi connectivity index (χ3n) is 5.41. The summed E-state index contributed by atoms with van der Waals surface area (Å²) in [4.78, 5) is 24.5. The zero-order valence-corrected chi connectivity index (χ0v) is 18.5. The number of nitrogens with zero attached hydrogens (tertiary/aromatic N) is 3. The molecular weight excluding hydrogens is 420 g/mol. The average molecular weight is 449 g/mol. The van der Waals surface area contributed by atoms with E-state index >= 15 is 0 Å². The molecule has 2 aromatic rings. The van der Waals surface area contributed by atoms with Gasteiger partial charge in [-0.3, -0.25) is 18.6 Å². The van der Waals surface area contributed by atoms with Gasteiger partial charge in [-0.25, -0.2) is 8.42 Å². The fourth-order valence-corrected chi connectivity index (χ4v) is 5.34. The molecule has 0 bridgehead atoms. The van der Waals surface area contributed by atoms with Gasteiger partial charge in [0.2, 0.25) is 10.0 Å². The number of sulfonamides is 1. The maximum Gasteiger partial charge on any atom is 0.305 e. The Kier molecular flexibility index (Phi) is 6.99. The second-order valence-corrected chi connectivity index (χ2v) is 9.78. The van der Waals surface area contributed by atoms with Crippen molar-refractivity contribution in [1.29, 1.82) is 0 Å². The first-order chi connectivity index (χ1) is 14.7. The first kappa shape index (κ1) is 22.8. The highest BCUT2D eigenvalue weighted by Gasteiger charge is 2.34. The van der Waals surface area contributed by atoms with Crippen molar-refractivity contribution >= 4 is 27.6 Å².